The summed E-state index contributed by atoms with van der Waals surface area (Å²) in [6.07, 6.45) is 1.74. The molecule has 0 saturated carbocycles. The number of carbonyl (C=O) groups excluding carboxylic acids is 1. The van der Waals surface area contributed by atoms with E-state index >= 15 is 0 Å². The predicted octanol–water partition coefficient (Wildman–Crippen LogP) is -0.190. The first-order chi connectivity index (χ1) is 4.88. The molecule has 1 saturated heterocycles. The monoisotopic (exact) mass is 143 g/mol. The Morgan fingerprint density at radius 2 is 2.60 bits per heavy atom. The first-order valence-electron chi connectivity index (χ1n) is 3.57. The van der Waals surface area contributed by atoms with Crippen LogP contribution < -0.4 is 5.32 Å². The summed E-state index contributed by atoms with van der Waals surface area (Å²) in [4.78, 5) is 10.4. The van der Waals surface area contributed by atoms with Crippen LogP contribution >= 0.6 is 0 Å². The van der Waals surface area contributed by atoms with Crippen molar-refractivity contribution in [3.8, 4) is 0 Å². The highest BCUT2D eigenvalue weighted by atomic mass is 16.5. The quantitative estimate of drug-likeness (QED) is 0.556. The van der Waals surface area contributed by atoms with E-state index in [2.05, 4.69) is 5.32 Å². The van der Waals surface area contributed by atoms with Crippen LogP contribution in [0.5, 0.6) is 0 Å². The second-order valence-electron chi connectivity index (χ2n) is 2.59. The molecule has 0 aromatic rings. The van der Waals surface area contributed by atoms with E-state index in [-0.39, 0.29) is 6.10 Å². The molecule has 1 aliphatic heterocycles. The molecule has 10 heavy (non-hydrogen) atoms. The summed E-state index contributed by atoms with van der Waals surface area (Å²) in [6, 6.07) is 0. The standard InChI is InChI=1S/C7H13NO2/c1-10-7(5-9)6-2-3-8-4-6/h5-8H,2-4H2,1H3. The molecule has 2 atom stereocenters. The second kappa shape index (κ2) is 3.68. The average molecular weight is 143 g/mol. The fourth-order valence-corrected chi connectivity index (χ4v) is 1.32. The summed E-state index contributed by atoms with van der Waals surface area (Å²) >= 11 is 0. The van der Waals surface area contributed by atoms with Gasteiger partial charge in [-0.3, -0.25) is 0 Å². The van der Waals surface area contributed by atoms with E-state index in [1.54, 1.807) is 7.11 Å². The maximum atomic E-state index is 10.4. The van der Waals surface area contributed by atoms with Crippen molar-refractivity contribution in [3.63, 3.8) is 0 Å². The molecule has 1 N–H and O–H groups in total. The number of ether oxygens (including phenoxy) is 1. The molecule has 3 heteroatoms. The number of methoxy groups -OCH3 is 1. The highest BCUT2D eigenvalue weighted by molar-refractivity contribution is 5.56. The fourth-order valence-electron chi connectivity index (χ4n) is 1.32. The van der Waals surface area contributed by atoms with E-state index in [0.717, 1.165) is 25.8 Å². The molecule has 1 fully saturated rings. The molecule has 1 aliphatic rings. The molecular weight excluding hydrogens is 130 g/mol. The van der Waals surface area contributed by atoms with E-state index in [1.807, 2.05) is 0 Å². The predicted molar refractivity (Wildman–Crippen MR) is 37.8 cm³/mol. The molecule has 1 heterocycles. The molecule has 3 nitrogen and oxygen atoms in total. The van der Waals surface area contributed by atoms with Gasteiger partial charge in [0.25, 0.3) is 0 Å². The van der Waals surface area contributed by atoms with Gasteiger partial charge in [0.05, 0.1) is 0 Å². The second-order valence-corrected chi connectivity index (χ2v) is 2.59. The van der Waals surface area contributed by atoms with Gasteiger partial charge in [0.15, 0.2) is 0 Å². The fraction of sp³-hybridized carbons (Fsp3) is 0.857. The van der Waals surface area contributed by atoms with Crippen molar-refractivity contribution in [1.82, 2.24) is 5.32 Å². The molecular formula is C7H13NO2. The van der Waals surface area contributed by atoms with Crippen molar-refractivity contribution >= 4 is 6.29 Å². The van der Waals surface area contributed by atoms with E-state index < -0.39 is 0 Å². The molecule has 0 radical (unpaired) electrons. The van der Waals surface area contributed by atoms with E-state index in [4.69, 9.17) is 4.74 Å². The van der Waals surface area contributed by atoms with Gasteiger partial charge >= 0.3 is 0 Å². The smallest absolute Gasteiger partial charge is 0.149 e. The number of nitrogens with one attached hydrogen (secondary N) is 1. The topological polar surface area (TPSA) is 38.3 Å². The molecule has 0 spiro atoms. The summed E-state index contributed by atoms with van der Waals surface area (Å²) in [5, 5.41) is 3.18. The molecule has 0 aliphatic carbocycles. The van der Waals surface area contributed by atoms with Gasteiger partial charge in [-0.2, -0.15) is 0 Å². The Morgan fingerprint density at radius 1 is 1.80 bits per heavy atom. The van der Waals surface area contributed by atoms with Gasteiger partial charge in [0, 0.05) is 19.6 Å². The van der Waals surface area contributed by atoms with Gasteiger partial charge in [-0.25, -0.2) is 0 Å². The van der Waals surface area contributed by atoms with Crippen molar-refractivity contribution in [3.05, 3.63) is 0 Å². The lowest BCUT2D eigenvalue weighted by Gasteiger charge is -2.13. The Morgan fingerprint density at radius 3 is 3.00 bits per heavy atom. The Labute approximate surface area is 60.7 Å². The normalized spacial score (nSPS) is 28.3. The summed E-state index contributed by atoms with van der Waals surface area (Å²) < 4.78 is 4.98. The molecule has 0 bridgehead atoms. The van der Waals surface area contributed by atoms with Crippen molar-refractivity contribution in [2.75, 3.05) is 20.2 Å². The van der Waals surface area contributed by atoms with E-state index in [1.165, 1.54) is 0 Å². The maximum Gasteiger partial charge on any atom is 0.149 e. The van der Waals surface area contributed by atoms with Gasteiger partial charge in [0.1, 0.15) is 12.4 Å². The van der Waals surface area contributed by atoms with Gasteiger partial charge in [-0.1, -0.05) is 0 Å². The van der Waals surface area contributed by atoms with Crippen LogP contribution in [0.3, 0.4) is 0 Å². The van der Waals surface area contributed by atoms with Crippen molar-refractivity contribution in [1.29, 1.82) is 0 Å². The van der Waals surface area contributed by atoms with Crippen molar-refractivity contribution < 1.29 is 9.53 Å². The highest BCUT2D eigenvalue weighted by Gasteiger charge is 2.23. The largest absolute Gasteiger partial charge is 0.374 e. The molecule has 2 unspecified atom stereocenters. The maximum absolute atomic E-state index is 10.4. The number of carbonyl (C=O) groups is 1. The summed E-state index contributed by atoms with van der Waals surface area (Å²) in [6.45, 7) is 1.93. The number of hydrogen-bond donors (Lipinski definition) is 1. The number of aldehydes is 1. The summed E-state index contributed by atoms with van der Waals surface area (Å²) in [5.74, 6) is 0.391. The molecule has 58 valence electrons. The van der Waals surface area contributed by atoms with Crippen molar-refractivity contribution in [2.45, 2.75) is 12.5 Å². The number of rotatable bonds is 3. The first kappa shape index (κ1) is 7.69. The minimum atomic E-state index is -0.199. The Balaban J connectivity index is 2.36. The van der Waals surface area contributed by atoms with Crippen LogP contribution in [-0.4, -0.2) is 32.6 Å². The van der Waals surface area contributed by atoms with E-state index in [0.29, 0.717) is 5.92 Å². The Hall–Kier alpha value is -0.410. The van der Waals surface area contributed by atoms with Crippen LogP contribution in [0.25, 0.3) is 0 Å². The summed E-state index contributed by atoms with van der Waals surface area (Å²) in [7, 11) is 1.58. The number of hydrogen-bond acceptors (Lipinski definition) is 3. The average Bonchev–Trinajstić information content (AvgIpc) is 2.43. The summed E-state index contributed by atoms with van der Waals surface area (Å²) in [5.41, 5.74) is 0. The van der Waals surface area contributed by atoms with Gasteiger partial charge in [0.2, 0.25) is 0 Å². The Kier molecular flexibility index (Phi) is 2.83. The SMILES string of the molecule is COC(C=O)C1CCNC1. The van der Waals surface area contributed by atoms with Gasteiger partial charge in [-0.05, 0) is 13.0 Å². The van der Waals surface area contributed by atoms with E-state index in [9.17, 15) is 4.79 Å². The first-order valence-corrected chi connectivity index (χ1v) is 3.57. The minimum Gasteiger partial charge on any atom is -0.374 e. The lowest BCUT2D eigenvalue weighted by Crippen LogP contribution is -2.26. The van der Waals surface area contributed by atoms with Crippen LogP contribution in [0.1, 0.15) is 6.42 Å². The molecule has 1 rings (SSSR count). The molecule has 0 amide bonds. The lowest BCUT2D eigenvalue weighted by molar-refractivity contribution is -0.118. The minimum absolute atomic E-state index is 0.199. The van der Waals surface area contributed by atoms with Crippen LogP contribution in [-0.2, 0) is 9.53 Å². The van der Waals surface area contributed by atoms with Gasteiger partial charge in [-0.15, -0.1) is 0 Å². The van der Waals surface area contributed by atoms with Crippen LogP contribution in [0.2, 0.25) is 0 Å². The van der Waals surface area contributed by atoms with Gasteiger partial charge < -0.3 is 14.8 Å². The third kappa shape index (κ3) is 1.55. The highest BCUT2D eigenvalue weighted by Crippen LogP contribution is 2.12. The third-order valence-corrected chi connectivity index (χ3v) is 1.97. The van der Waals surface area contributed by atoms with Crippen molar-refractivity contribution in [2.24, 2.45) is 5.92 Å². The zero-order valence-corrected chi connectivity index (χ0v) is 6.17. The third-order valence-electron chi connectivity index (χ3n) is 1.97. The zero-order valence-electron chi connectivity index (χ0n) is 6.17. The van der Waals surface area contributed by atoms with Crippen LogP contribution in [0.15, 0.2) is 0 Å². The molecule has 0 aromatic heterocycles. The zero-order chi connectivity index (χ0) is 7.40. The van der Waals surface area contributed by atoms with Crippen LogP contribution in [0.4, 0.5) is 0 Å². The lowest BCUT2D eigenvalue weighted by atomic mass is 10.0. The van der Waals surface area contributed by atoms with Crippen LogP contribution in [0, 0.1) is 5.92 Å². The Bertz CT molecular complexity index is 110. The molecule has 0 aromatic carbocycles.